The van der Waals surface area contributed by atoms with E-state index in [0.29, 0.717) is 17.1 Å². The molecule has 0 aliphatic carbocycles. The second-order valence-corrected chi connectivity index (χ2v) is 2.66. The Bertz CT molecular complexity index is 273. The highest BCUT2D eigenvalue weighted by atomic mass is 35.5. The number of aryl methyl sites for hydroxylation is 1. The predicted octanol–water partition coefficient (Wildman–Crippen LogP) is 1.78. The first-order valence-corrected chi connectivity index (χ1v) is 3.67. The highest BCUT2D eigenvalue weighted by molar-refractivity contribution is 6.31. The summed E-state index contributed by atoms with van der Waals surface area (Å²) in [4.78, 5) is 14.2. The van der Waals surface area contributed by atoms with Crippen molar-refractivity contribution in [1.29, 1.82) is 0 Å². The number of pyridine rings is 1. The maximum absolute atomic E-state index is 10.1. The fourth-order valence-corrected chi connectivity index (χ4v) is 0.998. The molecule has 1 aromatic rings. The van der Waals surface area contributed by atoms with Gasteiger partial charge >= 0.3 is 0 Å². The highest BCUT2D eigenvalue weighted by Crippen LogP contribution is 2.13. The van der Waals surface area contributed by atoms with E-state index in [1.807, 2.05) is 13.0 Å². The molecule has 0 saturated carbocycles. The molecule has 1 rings (SSSR count). The summed E-state index contributed by atoms with van der Waals surface area (Å²) in [5, 5.41) is 0.558. The predicted molar refractivity (Wildman–Crippen MR) is 43.8 cm³/mol. The van der Waals surface area contributed by atoms with Gasteiger partial charge in [0, 0.05) is 12.1 Å². The van der Waals surface area contributed by atoms with Crippen LogP contribution in [0, 0.1) is 6.92 Å². The molecule has 2 nitrogen and oxygen atoms in total. The highest BCUT2D eigenvalue weighted by Gasteiger charge is 1.99. The van der Waals surface area contributed by atoms with Gasteiger partial charge in [-0.05, 0) is 19.1 Å². The number of carbonyl (C=O) groups is 1. The van der Waals surface area contributed by atoms with Gasteiger partial charge in [0.25, 0.3) is 0 Å². The van der Waals surface area contributed by atoms with Crippen LogP contribution in [0.2, 0.25) is 5.02 Å². The summed E-state index contributed by atoms with van der Waals surface area (Å²) >= 11 is 5.75. The van der Waals surface area contributed by atoms with Gasteiger partial charge in [0.05, 0.1) is 10.7 Å². The molecule has 0 saturated heterocycles. The Kier molecular flexibility index (Phi) is 2.60. The minimum Gasteiger partial charge on any atom is -0.303 e. The van der Waals surface area contributed by atoms with Crippen molar-refractivity contribution in [3.05, 3.63) is 28.5 Å². The minimum atomic E-state index is 0.292. The third kappa shape index (κ3) is 2.02. The minimum absolute atomic E-state index is 0.292. The van der Waals surface area contributed by atoms with Gasteiger partial charge in [0.15, 0.2) is 0 Å². The van der Waals surface area contributed by atoms with Crippen LogP contribution in [0.25, 0.3) is 0 Å². The molecule has 0 unspecified atom stereocenters. The van der Waals surface area contributed by atoms with E-state index in [4.69, 9.17) is 11.6 Å². The summed E-state index contributed by atoms with van der Waals surface area (Å²) in [7, 11) is 0. The first kappa shape index (κ1) is 8.21. The lowest BCUT2D eigenvalue weighted by Gasteiger charge is -1.98. The normalized spacial score (nSPS) is 9.64. The zero-order valence-electron chi connectivity index (χ0n) is 6.17. The van der Waals surface area contributed by atoms with Gasteiger partial charge in [-0.1, -0.05) is 11.6 Å². The van der Waals surface area contributed by atoms with E-state index in [9.17, 15) is 4.79 Å². The lowest BCUT2D eigenvalue weighted by Crippen LogP contribution is -1.93. The monoisotopic (exact) mass is 169 g/mol. The largest absolute Gasteiger partial charge is 0.303 e. The summed E-state index contributed by atoms with van der Waals surface area (Å²) < 4.78 is 0. The molecule has 0 bridgehead atoms. The Morgan fingerprint density at radius 3 is 3.00 bits per heavy atom. The summed E-state index contributed by atoms with van der Waals surface area (Å²) in [5.41, 5.74) is 1.54. The fourth-order valence-electron chi connectivity index (χ4n) is 0.816. The van der Waals surface area contributed by atoms with Gasteiger partial charge in [-0.3, -0.25) is 4.98 Å². The Hall–Kier alpha value is -0.890. The number of aldehydes is 1. The molecular formula is C8H8ClNO. The number of carbonyl (C=O) groups excluding carboxylic acids is 1. The summed E-state index contributed by atoms with van der Waals surface area (Å²) in [6, 6.07) is 3.57. The van der Waals surface area contributed by atoms with Crippen molar-refractivity contribution in [3.63, 3.8) is 0 Å². The lowest BCUT2D eigenvalue weighted by molar-refractivity contribution is -0.107. The molecule has 3 heteroatoms. The topological polar surface area (TPSA) is 30.0 Å². The van der Waals surface area contributed by atoms with Crippen molar-refractivity contribution < 1.29 is 4.79 Å². The molecule has 0 aromatic carbocycles. The average Bonchev–Trinajstić information content (AvgIpc) is 1.98. The van der Waals surface area contributed by atoms with Gasteiger partial charge in [0.1, 0.15) is 6.29 Å². The summed E-state index contributed by atoms with van der Waals surface area (Å²) in [6.45, 7) is 1.87. The van der Waals surface area contributed by atoms with E-state index in [1.165, 1.54) is 0 Å². The van der Waals surface area contributed by atoms with Gasteiger partial charge < -0.3 is 4.79 Å². The van der Waals surface area contributed by atoms with E-state index in [-0.39, 0.29) is 0 Å². The third-order valence-electron chi connectivity index (χ3n) is 1.33. The third-order valence-corrected chi connectivity index (χ3v) is 1.68. The van der Waals surface area contributed by atoms with Crippen molar-refractivity contribution in [2.75, 3.05) is 0 Å². The van der Waals surface area contributed by atoms with Crippen LogP contribution in [0.4, 0.5) is 0 Å². The Balaban J connectivity index is 3.01. The van der Waals surface area contributed by atoms with Gasteiger partial charge in [-0.2, -0.15) is 0 Å². The Morgan fingerprint density at radius 2 is 2.36 bits per heavy atom. The molecule has 0 amide bonds. The van der Waals surface area contributed by atoms with Crippen molar-refractivity contribution in [2.24, 2.45) is 0 Å². The zero-order valence-corrected chi connectivity index (χ0v) is 6.93. The van der Waals surface area contributed by atoms with Crippen molar-refractivity contribution >= 4 is 17.9 Å². The molecule has 0 aliphatic heterocycles. The van der Waals surface area contributed by atoms with E-state index in [0.717, 1.165) is 12.0 Å². The first-order valence-electron chi connectivity index (χ1n) is 3.29. The number of aromatic nitrogens is 1. The van der Waals surface area contributed by atoms with E-state index in [1.54, 1.807) is 6.07 Å². The molecule has 58 valence electrons. The van der Waals surface area contributed by atoms with Crippen molar-refractivity contribution in [1.82, 2.24) is 4.98 Å². The van der Waals surface area contributed by atoms with Crippen LogP contribution in [0.3, 0.4) is 0 Å². The SMILES string of the molecule is Cc1ccc(Cl)c(CC=O)n1. The fraction of sp³-hybridized carbons (Fsp3) is 0.250. The van der Waals surface area contributed by atoms with E-state index in [2.05, 4.69) is 4.98 Å². The van der Waals surface area contributed by atoms with Crippen molar-refractivity contribution in [2.45, 2.75) is 13.3 Å². The van der Waals surface area contributed by atoms with Crippen LogP contribution in [0.1, 0.15) is 11.4 Å². The second-order valence-electron chi connectivity index (χ2n) is 2.25. The molecule has 0 radical (unpaired) electrons. The number of hydrogen-bond acceptors (Lipinski definition) is 2. The van der Waals surface area contributed by atoms with Crippen LogP contribution >= 0.6 is 11.6 Å². The standard InChI is InChI=1S/C8H8ClNO/c1-6-2-3-7(9)8(10-6)4-5-11/h2-3,5H,4H2,1H3. The smallest absolute Gasteiger partial charge is 0.125 e. The number of halogens is 1. The van der Waals surface area contributed by atoms with Crippen LogP contribution in [0.15, 0.2) is 12.1 Å². The molecule has 1 aromatic heterocycles. The van der Waals surface area contributed by atoms with E-state index >= 15 is 0 Å². The molecule has 0 aliphatic rings. The maximum Gasteiger partial charge on any atom is 0.125 e. The second kappa shape index (κ2) is 3.49. The molecule has 0 spiro atoms. The van der Waals surface area contributed by atoms with Crippen LogP contribution in [-0.2, 0) is 11.2 Å². The molecule has 11 heavy (non-hydrogen) atoms. The molecular weight excluding hydrogens is 162 g/mol. The molecule has 0 atom stereocenters. The maximum atomic E-state index is 10.1. The average molecular weight is 170 g/mol. The number of rotatable bonds is 2. The van der Waals surface area contributed by atoms with E-state index < -0.39 is 0 Å². The molecule has 0 fully saturated rings. The van der Waals surface area contributed by atoms with Gasteiger partial charge in [0.2, 0.25) is 0 Å². The van der Waals surface area contributed by atoms with Crippen LogP contribution in [0.5, 0.6) is 0 Å². The Morgan fingerprint density at radius 1 is 1.64 bits per heavy atom. The van der Waals surface area contributed by atoms with Crippen LogP contribution < -0.4 is 0 Å². The number of hydrogen-bond donors (Lipinski definition) is 0. The number of nitrogens with zero attached hydrogens (tertiary/aromatic N) is 1. The molecule has 1 heterocycles. The summed E-state index contributed by atoms with van der Waals surface area (Å²) in [6.07, 6.45) is 1.09. The van der Waals surface area contributed by atoms with Crippen LogP contribution in [-0.4, -0.2) is 11.3 Å². The lowest BCUT2D eigenvalue weighted by atomic mass is 10.2. The quantitative estimate of drug-likeness (QED) is 0.632. The van der Waals surface area contributed by atoms with Gasteiger partial charge in [-0.25, -0.2) is 0 Å². The molecule has 0 N–H and O–H groups in total. The zero-order chi connectivity index (χ0) is 8.27. The summed E-state index contributed by atoms with van der Waals surface area (Å²) in [5.74, 6) is 0. The first-order chi connectivity index (χ1) is 5.24. The van der Waals surface area contributed by atoms with Crippen molar-refractivity contribution in [3.8, 4) is 0 Å². The van der Waals surface area contributed by atoms with Gasteiger partial charge in [-0.15, -0.1) is 0 Å². The Labute approximate surface area is 70.2 Å².